The fraction of sp³-hybridized carbons (Fsp3) is 0.0833. The Hall–Kier alpha value is -1.48. The first-order valence-electron chi connectivity index (χ1n) is 4.71. The van der Waals surface area contributed by atoms with Gasteiger partial charge >= 0.3 is 0 Å². The second kappa shape index (κ2) is 4.84. The maximum absolute atomic E-state index is 11.6. The number of carbonyl (C=O) groups excluding carboxylic acids is 1. The summed E-state index contributed by atoms with van der Waals surface area (Å²) < 4.78 is 0. The topological polar surface area (TPSA) is 32.9 Å². The lowest BCUT2D eigenvalue weighted by Gasteiger charge is -1.99. The van der Waals surface area contributed by atoms with E-state index < -0.39 is 0 Å². The van der Waals surface area contributed by atoms with E-state index in [1.807, 2.05) is 36.4 Å². The van der Waals surface area contributed by atoms with Crippen LogP contribution in [0.4, 0.5) is 0 Å². The Labute approximate surface area is 92.7 Å². The van der Waals surface area contributed by atoms with E-state index in [-0.39, 0.29) is 5.78 Å². The molecule has 0 atom stereocenters. The number of Topliss-reactive ketones (excluding diaryl/α,β-unsaturated/α-hetero) is 1. The highest BCUT2D eigenvalue weighted by atomic mass is 32.2. The molecule has 0 saturated carbocycles. The average Bonchev–Trinajstić information content (AvgIpc) is 2.81. The summed E-state index contributed by atoms with van der Waals surface area (Å²) in [5.74, 6) is 0.610. The SMILES string of the molecule is O=C(CSc1ccccc1)c1ccc[nH]1. The molecule has 2 aromatic rings. The molecule has 1 aromatic carbocycles. The molecular formula is C12H11NOS. The van der Waals surface area contributed by atoms with Crippen molar-refractivity contribution in [3.8, 4) is 0 Å². The van der Waals surface area contributed by atoms with Crippen molar-refractivity contribution in [3.63, 3.8) is 0 Å². The maximum Gasteiger partial charge on any atom is 0.189 e. The van der Waals surface area contributed by atoms with Gasteiger partial charge in [0.25, 0.3) is 0 Å². The first-order chi connectivity index (χ1) is 7.36. The van der Waals surface area contributed by atoms with E-state index in [1.54, 1.807) is 24.0 Å². The number of carbonyl (C=O) groups is 1. The summed E-state index contributed by atoms with van der Waals surface area (Å²) in [5.41, 5.74) is 0.679. The third-order valence-electron chi connectivity index (χ3n) is 2.01. The zero-order chi connectivity index (χ0) is 10.5. The molecule has 2 nitrogen and oxygen atoms in total. The standard InChI is InChI=1S/C12H11NOS/c14-12(11-7-4-8-13-11)9-15-10-5-2-1-3-6-10/h1-8,13H,9H2. The average molecular weight is 217 g/mol. The lowest BCUT2D eigenvalue weighted by Crippen LogP contribution is -2.02. The van der Waals surface area contributed by atoms with Crippen LogP contribution in [0.3, 0.4) is 0 Å². The van der Waals surface area contributed by atoms with Gasteiger partial charge in [0.1, 0.15) is 0 Å². The Kier molecular flexibility index (Phi) is 3.25. The van der Waals surface area contributed by atoms with Gasteiger partial charge in [-0.15, -0.1) is 11.8 Å². The molecule has 1 aromatic heterocycles. The third kappa shape index (κ3) is 2.73. The third-order valence-corrected chi connectivity index (χ3v) is 3.02. The predicted molar refractivity (Wildman–Crippen MR) is 62.3 cm³/mol. The van der Waals surface area contributed by atoms with E-state index in [0.717, 1.165) is 4.90 Å². The summed E-state index contributed by atoms with van der Waals surface area (Å²) in [6.45, 7) is 0. The number of rotatable bonds is 4. The van der Waals surface area contributed by atoms with E-state index >= 15 is 0 Å². The van der Waals surface area contributed by atoms with Crippen LogP contribution in [0.2, 0.25) is 0 Å². The molecule has 0 spiro atoms. The molecule has 0 bridgehead atoms. The van der Waals surface area contributed by atoms with Crippen molar-refractivity contribution in [1.82, 2.24) is 4.98 Å². The summed E-state index contributed by atoms with van der Waals surface area (Å²) >= 11 is 1.56. The molecule has 1 N–H and O–H groups in total. The largest absolute Gasteiger partial charge is 0.359 e. The van der Waals surface area contributed by atoms with Crippen LogP contribution in [0.25, 0.3) is 0 Å². The Morgan fingerprint density at radius 2 is 1.93 bits per heavy atom. The Morgan fingerprint density at radius 3 is 2.60 bits per heavy atom. The molecule has 0 unspecified atom stereocenters. The number of benzene rings is 1. The number of hydrogen-bond acceptors (Lipinski definition) is 2. The van der Waals surface area contributed by atoms with Crippen molar-refractivity contribution in [3.05, 3.63) is 54.4 Å². The molecule has 76 valence electrons. The van der Waals surface area contributed by atoms with Crippen LogP contribution < -0.4 is 0 Å². The quantitative estimate of drug-likeness (QED) is 0.631. The van der Waals surface area contributed by atoms with Crippen LogP contribution in [-0.4, -0.2) is 16.5 Å². The smallest absolute Gasteiger partial charge is 0.189 e. The van der Waals surface area contributed by atoms with Gasteiger partial charge in [-0.1, -0.05) is 18.2 Å². The molecule has 0 aliphatic carbocycles. The fourth-order valence-electron chi connectivity index (χ4n) is 1.25. The monoisotopic (exact) mass is 217 g/mol. The molecule has 0 radical (unpaired) electrons. The molecule has 3 heteroatoms. The van der Waals surface area contributed by atoms with Gasteiger partial charge in [-0.2, -0.15) is 0 Å². The zero-order valence-electron chi connectivity index (χ0n) is 8.14. The van der Waals surface area contributed by atoms with E-state index in [0.29, 0.717) is 11.4 Å². The summed E-state index contributed by atoms with van der Waals surface area (Å²) in [7, 11) is 0. The molecule has 1 heterocycles. The number of aromatic amines is 1. The zero-order valence-corrected chi connectivity index (χ0v) is 8.96. The number of hydrogen-bond donors (Lipinski definition) is 1. The number of aromatic nitrogens is 1. The van der Waals surface area contributed by atoms with Crippen molar-refractivity contribution in [2.75, 3.05) is 5.75 Å². The highest BCUT2D eigenvalue weighted by Gasteiger charge is 2.06. The van der Waals surface area contributed by atoms with Crippen LogP contribution >= 0.6 is 11.8 Å². The Morgan fingerprint density at radius 1 is 1.13 bits per heavy atom. The van der Waals surface area contributed by atoms with Gasteiger partial charge in [0.2, 0.25) is 0 Å². The van der Waals surface area contributed by atoms with Gasteiger partial charge in [0, 0.05) is 11.1 Å². The van der Waals surface area contributed by atoms with Crippen molar-refractivity contribution in [2.45, 2.75) is 4.90 Å². The second-order valence-corrected chi connectivity index (χ2v) is 4.16. The fourth-order valence-corrected chi connectivity index (χ4v) is 2.05. The number of nitrogens with one attached hydrogen (secondary N) is 1. The minimum Gasteiger partial charge on any atom is -0.359 e. The molecule has 0 fully saturated rings. The highest BCUT2D eigenvalue weighted by Crippen LogP contribution is 2.17. The molecule has 0 amide bonds. The van der Waals surface area contributed by atoms with Crippen molar-refractivity contribution in [2.24, 2.45) is 0 Å². The lowest BCUT2D eigenvalue weighted by molar-refractivity contribution is 0.101. The van der Waals surface area contributed by atoms with E-state index in [4.69, 9.17) is 0 Å². The number of thioether (sulfide) groups is 1. The van der Waals surface area contributed by atoms with Crippen LogP contribution in [0.15, 0.2) is 53.6 Å². The molecule has 15 heavy (non-hydrogen) atoms. The van der Waals surface area contributed by atoms with Crippen LogP contribution in [0, 0.1) is 0 Å². The van der Waals surface area contributed by atoms with Crippen molar-refractivity contribution in [1.29, 1.82) is 0 Å². The lowest BCUT2D eigenvalue weighted by atomic mass is 10.3. The normalized spacial score (nSPS) is 10.1. The Bertz CT molecular complexity index is 422. The molecule has 0 aliphatic heterocycles. The van der Waals surface area contributed by atoms with Gasteiger partial charge in [0.15, 0.2) is 5.78 Å². The van der Waals surface area contributed by atoms with Gasteiger partial charge < -0.3 is 4.98 Å². The molecule has 2 rings (SSSR count). The summed E-state index contributed by atoms with van der Waals surface area (Å²) in [4.78, 5) is 15.7. The predicted octanol–water partition coefficient (Wildman–Crippen LogP) is 2.99. The number of H-pyrrole nitrogens is 1. The summed E-state index contributed by atoms with van der Waals surface area (Å²) in [6.07, 6.45) is 1.76. The molecular weight excluding hydrogens is 206 g/mol. The molecule has 0 aliphatic rings. The Balaban J connectivity index is 1.92. The maximum atomic E-state index is 11.6. The van der Waals surface area contributed by atoms with Gasteiger partial charge in [-0.25, -0.2) is 0 Å². The van der Waals surface area contributed by atoms with Gasteiger partial charge in [-0.05, 0) is 24.3 Å². The summed E-state index contributed by atoms with van der Waals surface area (Å²) in [5, 5.41) is 0. The van der Waals surface area contributed by atoms with Gasteiger partial charge in [-0.3, -0.25) is 4.79 Å². The molecule has 0 saturated heterocycles. The second-order valence-electron chi connectivity index (χ2n) is 3.11. The van der Waals surface area contributed by atoms with Crippen LogP contribution in [0.5, 0.6) is 0 Å². The van der Waals surface area contributed by atoms with Crippen LogP contribution in [0.1, 0.15) is 10.5 Å². The van der Waals surface area contributed by atoms with E-state index in [9.17, 15) is 4.79 Å². The van der Waals surface area contributed by atoms with Crippen molar-refractivity contribution < 1.29 is 4.79 Å². The van der Waals surface area contributed by atoms with Crippen molar-refractivity contribution >= 4 is 17.5 Å². The minimum absolute atomic E-state index is 0.133. The number of ketones is 1. The van der Waals surface area contributed by atoms with Crippen LogP contribution in [-0.2, 0) is 0 Å². The first kappa shape index (κ1) is 10.1. The highest BCUT2D eigenvalue weighted by molar-refractivity contribution is 8.00. The summed E-state index contributed by atoms with van der Waals surface area (Å²) in [6, 6.07) is 13.6. The van der Waals surface area contributed by atoms with E-state index in [1.165, 1.54) is 0 Å². The minimum atomic E-state index is 0.133. The first-order valence-corrected chi connectivity index (χ1v) is 5.69. The van der Waals surface area contributed by atoms with Gasteiger partial charge in [0.05, 0.1) is 11.4 Å². The van der Waals surface area contributed by atoms with E-state index in [2.05, 4.69) is 4.98 Å².